The summed E-state index contributed by atoms with van der Waals surface area (Å²) in [6, 6.07) is 1.13. The highest BCUT2D eigenvalue weighted by Crippen LogP contribution is 2.16. The number of hydrogen-bond donors (Lipinski definition) is 2. The molecule has 2 N–H and O–H groups in total. The van der Waals surface area contributed by atoms with Crippen LogP contribution in [0, 0.1) is 0 Å². The van der Waals surface area contributed by atoms with Gasteiger partial charge >= 0.3 is 5.97 Å². The summed E-state index contributed by atoms with van der Waals surface area (Å²) in [5.74, 6) is -0.533. The van der Waals surface area contributed by atoms with Crippen LogP contribution in [0.15, 0.2) is 28.1 Å². The second-order valence-electron chi connectivity index (χ2n) is 4.05. The molecule has 0 fully saturated rings. The lowest BCUT2D eigenvalue weighted by molar-refractivity contribution is -0.140. The first-order valence-electron chi connectivity index (χ1n) is 5.64. The first-order valence-corrected chi connectivity index (χ1v) is 6.99. The predicted octanol–water partition coefficient (Wildman–Crippen LogP) is 1.88. The normalized spacial score (nSPS) is 18.8. The number of thiophene rings is 1. The minimum absolute atomic E-state index is 0.183. The molecule has 7 heteroatoms. The number of esters is 1. The van der Waals surface area contributed by atoms with Crippen LogP contribution in [0.5, 0.6) is 0 Å². The van der Waals surface area contributed by atoms with E-state index < -0.39 is 18.7 Å². The van der Waals surface area contributed by atoms with Crippen molar-refractivity contribution in [2.45, 2.75) is 19.6 Å². The summed E-state index contributed by atoms with van der Waals surface area (Å²) in [5.41, 5.74) is 1.70. The molecule has 2 heterocycles. The molecule has 19 heavy (non-hydrogen) atoms. The maximum absolute atomic E-state index is 13.0. The summed E-state index contributed by atoms with van der Waals surface area (Å²) in [7, 11) is 0. The van der Waals surface area contributed by atoms with Crippen molar-refractivity contribution in [3.8, 4) is 0 Å². The molecule has 1 aromatic rings. The van der Waals surface area contributed by atoms with E-state index in [0.717, 1.165) is 5.56 Å². The van der Waals surface area contributed by atoms with Gasteiger partial charge in [-0.05, 0) is 36.0 Å². The monoisotopic (exact) mass is 300 g/mol. The zero-order valence-corrected chi connectivity index (χ0v) is 11.9. The van der Waals surface area contributed by atoms with E-state index in [1.165, 1.54) is 11.3 Å². The average Bonchev–Trinajstić information content (AvgIpc) is 2.88. The molecule has 1 unspecified atom stereocenters. The highest BCUT2D eigenvalue weighted by atomic mass is 32.1. The van der Waals surface area contributed by atoms with Gasteiger partial charge in [0, 0.05) is 11.3 Å². The summed E-state index contributed by atoms with van der Waals surface area (Å²) < 4.78 is 18.1. The van der Waals surface area contributed by atoms with E-state index in [-0.39, 0.29) is 12.2 Å². The van der Waals surface area contributed by atoms with Crippen LogP contribution < -0.4 is 10.6 Å². The van der Waals surface area contributed by atoms with Crippen molar-refractivity contribution >= 4 is 34.6 Å². The number of rotatable bonds is 4. The molecular formula is C12H13FN2O2S2. The molecule has 0 bridgehead atoms. The van der Waals surface area contributed by atoms with Crippen molar-refractivity contribution in [1.82, 2.24) is 10.6 Å². The van der Waals surface area contributed by atoms with Crippen LogP contribution in [0.3, 0.4) is 0 Å². The van der Waals surface area contributed by atoms with E-state index in [2.05, 4.69) is 10.6 Å². The molecule has 2 rings (SSSR count). The second kappa shape index (κ2) is 6.12. The molecule has 0 saturated heterocycles. The number of nitrogens with one attached hydrogen (secondary N) is 2. The van der Waals surface area contributed by atoms with E-state index in [1.807, 2.05) is 16.8 Å². The van der Waals surface area contributed by atoms with Gasteiger partial charge < -0.3 is 15.4 Å². The fourth-order valence-electron chi connectivity index (χ4n) is 1.78. The fourth-order valence-corrected chi connectivity index (χ4v) is 2.73. The van der Waals surface area contributed by atoms with Gasteiger partial charge in [-0.2, -0.15) is 11.3 Å². The van der Waals surface area contributed by atoms with Gasteiger partial charge in [-0.25, -0.2) is 9.18 Å². The Morgan fingerprint density at radius 1 is 1.63 bits per heavy atom. The Morgan fingerprint density at radius 2 is 2.42 bits per heavy atom. The number of thiocarbonyl (C=S) groups is 1. The molecule has 0 amide bonds. The van der Waals surface area contributed by atoms with Gasteiger partial charge in [-0.1, -0.05) is 0 Å². The smallest absolute Gasteiger partial charge is 0.338 e. The van der Waals surface area contributed by atoms with Crippen LogP contribution in [0.25, 0.3) is 0 Å². The number of alkyl halides is 1. The minimum Gasteiger partial charge on any atom is -0.457 e. The zero-order valence-electron chi connectivity index (χ0n) is 10.2. The topological polar surface area (TPSA) is 50.4 Å². The number of carbonyl (C=O) groups is 1. The van der Waals surface area contributed by atoms with Crippen molar-refractivity contribution in [3.05, 3.63) is 33.7 Å². The molecular weight excluding hydrogens is 287 g/mol. The molecule has 1 aliphatic heterocycles. The lowest BCUT2D eigenvalue weighted by Crippen LogP contribution is -2.50. The second-order valence-corrected chi connectivity index (χ2v) is 5.24. The van der Waals surface area contributed by atoms with Crippen LogP contribution in [0.1, 0.15) is 12.5 Å². The van der Waals surface area contributed by atoms with Crippen LogP contribution in [-0.2, 0) is 16.1 Å². The van der Waals surface area contributed by atoms with E-state index in [4.69, 9.17) is 17.0 Å². The van der Waals surface area contributed by atoms with Crippen LogP contribution >= 0.6 is 23.6 Å². The number of hydrogen-bond acceptors (Lipinski definition) is 4. The largest absolute Gasteiger partial charge is 0.457 e. The predicted molar refractivity (Wildman–Crippen MR) is 75.4 cm³/mol. The van der Waals surface area contributed by atoms with Crippen molar-refractivity contribution < 1.29 is 13.9 Å². The van der Waals surface area contributed by atoms with E-state index in [0.29, 0.717) is 10.8 Å². The van der Waals surface area contributed by atoms with Gasteiger partial charge in [0.2, 0.25) is 0 Å². The molecule has 0 saturated carbocycles. The van der Waals surface area contributed by atoms with E-state index in [9.17, 15) is 9.18 Å². The third-order valence-corrected chi connectivity index (χ3v) is 3.64. The molecule has 1 atom stereocenters. The van der Waals surface area contributed by atoms with Gasteiger partial charge in [0.05, 0.1) is 11.6 Å². The molecule has 0 aliphatic carbocycles. The molecule has 1 aromatic heterocycles. The number of allylic oxidation sites excluding steroid dienone is 1. The average molecular weight is 300 g/mol. The van der Waals surface area contributed by atoms with Crippen LogP contribution in [0.4, 0.5) is 4.39 Å². The summed E-state index contributed by atoms with van der Waals surface area (Å²) >= 11 is 6.45. The number of carbonyl (C=O) groups excluding carboxylic acids is 1. The summed E-state index contributed by atoms with van der Waals surface area (Å²) in [5, 5.41) is 9.63. The highest BCUT2D eigenvalue weighted by Gasteiger charge is 2.29. The first-order chi connectivity index (χ1) is 9.11. The van der Waals surface area contributed by atoms with Gasteiger partial charge in [-0.3, -0.25) is 0 Å². The van der Waals surface area contributed by atoms with Crippen molar-refractivity contribution in [1.29, 1.82) is 0 Å². The maximum Gasteiger partial charge on any atom is 0.338 e. The lowest BCUT2D eigenvalue weighted by atomic mass is 10.0. The lowest BCUT2D eigenvalue weighted by Gasteiger charge is -2.27. The Bertz CT molecular complexity index is 514. The minimum atomic E-state index is -0.747. The molecule has 4 nitrogen and oxygen atoms in total. The van der Waals surface area contributed by atoms with Gasteiger partial charge in [-0.15, -0.1) is 0 Å². The van der Waals surface area contributed by atoms with Gasteiger partial charge in [0.25, 0.3) is 0 Å². The Balaban J connectivity index is 2.07. The van der Waals surface area contributed by atoms with Crippen LogP contribution in [0.2, 0.25) is 0 Å². The van der Waals surface area contributed by atoms with Crippen LogP contribution in [-0.4, -0.2) is 23.8 Å². The van der Waals surface area contributed by atoms with E-state index in [1.54, 1.807) is 6.92 Å². The Labute approximate surface area is 119 Å². The third-order valence-electron chi connectivity index (χ3n) is 2.68. The zero-order chi connectivity index (χ0) is 13.8. The number of halogens is 1. The molecule has 0 aromatic carbocycles. The highest BCUT2D eigenvalue weighted by molar-refractivity contribution is 7.80. The molecule has 0 radical (unpaired) electrons. The van der Waals surface area contributed by atoms with Crippen molar-refractivity contribution in [2.75, 3.05) is 6.67 Å². The van der Waals surface area contributed by atoms with Gasteiger partial charge in [0.15, 0.2) is 5.11 Å². The van der Waals surface area contributed by atoms with E-state index >= 15 is 0 Å². The van der Waals surface area contributed by atoms with Crippen molar-refractivity contribution in [3.63, 3.8) is 0 Å². The summed E-state index contributed by atoms with van der Waals surface area (Å²) in [6.45, 7) is 1.14. The molecule has 0 spiro atoms. The Kier molecular flexibility index (Phi) is 4.49. The van der Waals surface area contributed by atoms with Gasteiger partial charge in [0.1, 0.15) is 13.3 Å². The Morgan fingerprint density at radius 3 is 3.05 bits per heavy atom. The summed E-state index contributed by atoms with van der Waals surface area (Å²) in [6.07, 6.45) is 0. The third kappa shape index (κ3) is 3.30. The quantitative estimate of drug-likeness (QED) is 0.657. The SMILES string of the molecule is CC1=C(C(=O)OCc2ccsc2)C(CF)NC(=S)N1. The fraction of sp³-hybridized carbons (Fsp3) is 0.333. The Hall–Kier alpha value is -1.47. The standard InChI is InChI=1S/C12H13FN2O2S2/c1-7-10(9(4-13)15-12(18)14-7)11(16)17-5-8-2-3-19-6-8/h2-3,6,9H,4-5H2,1H3,(H2,14,15,18). The molecule has 102 valence electrons. The number of ether oxygens (including phenoxy) is 1. The summed E-state index contributed by atoms with van der Waals surface area (Å²) in [4.78, 5) is 12.0. The maximum atomic E-state index is 13.0. The first kappa shape index (κ1) is 14.0. The van der Waals surface area contributed by atoms with Crippen molar-refractivity contribution in [2.24, 2.45) is 0 Å². The molecule has 1 aliphatic rings.